The molecule has 3 heteroatoms. The zero-order chi connectivity index (χ0) is 10.9. The van der Waals surface area contributed by atoms with E-state index in [4.69, 9.17) is 9.05 Å². The fourth-order valence-corrected chi connectivity index (χ4v) is 5.93. The first-order chi connectivity index (χ1) is 7.20. The Bertz CT molecular complexity index is 206. The van der Waals surface area contributed by atoms with Gasteiger partial charge in [0.25, 0.3) is 0 Å². The van der Waals surface area contributed by atoms with E-state index in [2.05, 4.69) is 6.92 Å². The molecule has 0 aromatic rings. The SMILES string of the molecule is CCCCCC12CC(P(OC)OC)(C1)C2. The van der Waals surface area contributed by atoms with Gasteiger partial charge in [-0.3, -0.25) is 0 Å². The second-order valence-electron chi connectivity index (χ2n) is 5.33. The van der Waals surface area contributed by atoms with E-state index < -0.39 is 8.38 Å². The minimum atomic E-state index is -0.597. The highest BCUT2D eigenvalue weighted by atomic mass is 31.2. The van der Waals surface area contributed by atoms with Gasteiger partial charge >= 0.3 is 0 Å². The highest BCUT2D eigenvalue weighted by molar-refractivity contribution is 7.49. The summed E-state index contributed by atoms with van der Waals surface area (Å²) >= 11 is 0. The molecule has 0 aromatic carbocycles. The Hall–Kier alpha value is 0.350. The van der Waals surface area contributed by atoms with Crippen molar-refractivity contribution in [3.05, 3.63) is 0 Å². The summed E-state index contributed by atoms with van der Waals surface area (Å²) in [5, 5.41) is 0.463. The molecule has 2 bridgehead atoms. The van der Waals surface area contributed by atoms with Crippen molar-refractivity contribution >= 4 is 8.38 Å². The first-order valence-electron chi connectivity index (χ1n) is 6.09. The Morgan fingerprint density at radius 3 is 2.13 bits per heavy atom. The normalized spacial score (nSPS) is 37.6. The summed E-state index contributed by atoms with van der Waals surface area (Å²) in [5.74, 6) is 0. The van der Waals surface area contributed by atoms with Crippen LogP contribution in [0.1, 0.15) is 51.9 Å². The van der Waals surface area contributed by atoms with Crippen molar-refractivity contribution in [3.8, 4) is 0 Å². The van der Waals surface area contributed by atoms with Crippen LogP contribution in [0.25, 0.3) is 0 Å². The van der Waals surface area contributed by atoms with Crippen LogP contribution < -0.4 is 0 Å². The Labute approximate surface area is 94.6 Å². The fraction of sp³-hybridized carbons (Fsp3) is 1.00. The predicted octanol–water partition coefficient (Wildman–Crippen LogP) is 4.09. The first kappa shape index (κ1) is 11.8. The Kier molecular flexibility index (Phi) is 3.40. The van der Waals surface area contributed by atoms with Gasteiger partial charge in [0.15, 0.2) is 8.38 Å². The van der Waals surface area contributed by atoms with Crippen molar-refractivity contribution < 1.29 is 9.05 Å². The molecular weight excluding hydrogens is 207 g/mol. The molecule has 3 fully saturated rings. The summed E-state index contributed by atoms with van der Waals surface area (Å²) in [6, 6.07) is 0. The summed E-state index contributed by atoms with van der Waals surface area (Å²) < 4.78 is 10.9. The summed E-state index contributed by atoms with van der Waals surface area (Å²) in [4.78, 5) is 0. The molecule has 0 aromatic heterocycles. The lowest BCUT2D eigenvalue weighted by molar-refractivity contribution is -0.0972. The standard InChI is InChI=1S/C12H23O2P/c1-4-5-6-7-11-8-12(9-11,10-11)15(13-2)14-3/h4-10H2,1-3H3. The third-order valence-corrected chi connectivity index (χ3v) is 6.05. The van der Waals surface area contributed by atoms with E-state index in [0.717, 1.165) is 0 Å². The zero-order valence-corrected chi connectivity index (χ0v) is 11.1. The van der Waals surface area contributed by atoms with Gasteiger partial charge in [-0.2, -0.15) is 0 Å². The third-order valence-electron chi connectivity index (χ3n) is 4.14. The molecule has 0 amide bonds. The minimum Gasteiger partial charge on any atom is -0.337 e. The molecule has 0 unspecified atom stereocenters. The van der Waals surface area contributed by atoms with Crippen LogP contribution in [0.4, 0.5) is 0 Å². The van der Waals surface area contributed by atoms with Crippen LogP contribution >= 0.6 is 8.38 Å². The molecule has 0 spiro atoms. The lowest BCUT2D eigenvalue weighted by Gasteiger charge is -2.71. The van der Waals surface area contributed by atoms with Crippen molar-refractivity contribution in [3.63, 3.8) is 0 Å². The Morgan fingerprint density at radius 1 is 1.07 bits per heavy atom. The maximum Gasteiger partial charge on any atom is 0.176 e. The van der Waals surface area contributed by atoms with Crippen molar-refractivity contribution in [1.29, 1.82) is 0 Å². The largest absolute Gasteiger partial charge is 0.337 e. The van der Waals surface area contributed by atoms with E-state index in [0.29, 0.717) is 10.6 Å². The minimum absolute atomic E-state index is 0.463. The Balaban J connectivity index is 1.74. The van der Waals surface area contributed by atoms with Crippen LogP contribution in [0.3, 0.4) is 0 Å². The molecule has 3 saturated carbocycles. The van der Waals surface area contributed by atoms with Crippen LogP contribution in [0.15, 0.2) is 0 Å². The molecule has 15 heavy (non-hydrogen) atoms. The quantitative estimate of drug-likeness (QED) is 0.484. The maximum absolute atomic E-state index is 5.46. The third kappa shape index (κ3) is 1.85. The van der Waals surface area contributed by atoms with E-state index in [9.17, 15) is 0 Å². The smallest absolute Gasteiger partial charge is 0.176 e. The van der Waals surface area contributed by atoms with E-state index >= 15 is 0 Å². The molecule has 2 nitrogen and oxygen atoms in total. The predicted molar refractivity (Wildman–Crippen MR) is 64.1 cm³/mol. The molecular formula is C12H23O2P. The monoisotopic (exact) mass is 230 g/mol. The zero-order valence-electron chi connectivity index (χ0n) is 10.2. The van der Waals surface area contributed by atoms with Crippen molar-refractivity contribution in [2.24, 2.45) is 5.41 Å². The van der Waals surface area contributed by atoms with Gasteiger partial charge in [-0.05, 0) is 31.1 Å². The van der Waals surface area contributed by atoms with Gasteiger partial charge in [-0.25, -0.2) is 0 Å². The van der Waals surface area contributed by atoms with Crippen LogP contribution in [0.2, 0.25) is 0 Å². The molecule has 0 atom stereocenters. The lowest BCUT2D eigenvalue weighted by atomic mass is 9.42. The van der Waals surface area contributed by atoms with Gasteiger partial charge in [-0.15, -0.1) is 0 Å². The van der Waals surface area contributed by atoms with Gasteiger partial charge in [0.1, 0.15) is 0 Å². The van der Waals surface area contributed by atoms with Gasteiger partial charge in [0.05, 0.1) is 0 Å². The van der Waals surface area contributed by atoms with Crippen molar-refractivity contribution in [2.75, 3.05) is 14.2 Å². The molecule has 88 valence electrons. The maximum atomic E-state index is 5.46. The summed E-state index contributed by atoms with van der Waals surface area (Å²) in [6.07, 6.45) is 9.72. The molecule has 0 aliphatic heterocycles. The van der Waals surface area contributed by atoms with E-state index in [1.54, 1.807) is 14.2 Å². The fourth-order valence-electron chi connectivity index (χ4n) is 3.61. The van der Waals surface area contributed by atoms with Gasteiger partial charge in [0.2, 0.25) is 0 Å². The second kappa shape index (κ2) is 4.31. The van der Waals surface area contributed by atoms with Crippen LogP contribution in [0.5, 0.6) is 0 Å². The molecule has 0 radical (unpaired) electrons. The summed E-state index contributed by atoms with van der Waals surface area (Å²) in [7, 11) is 2.98. The molecule has 0 N–H and O–H groups in total. The van der Waals surface area contributed by atoms with Crippen molar-refractivity contribution in [2.45, 2.75) is 57.0 Å². The van der Waals surface area contributed by atoms with Gasteiger partial charge in [0, 0.05) is 19.4 Å². The molecule has 0 saturated heterocycles. The van der Waals surface area contributed by atoms with Gasteiger partial charge < -0.3 is 9.05 Å². The second-order valence-corrected chi connectivity index (χ2v) is 7.53. The van der Waals surface area contributed by atoms with Crippen LogP contribution in [-0.4, -0.2) is 19.4 Å². The topological polar surface area (TPSA) is 18.5 Å². The summed E-state index contributed by atoms with van der Waals surface area (Å²) in [5.41, 5.74) is 0.715. The number of rotatable bonds is 7. The van der Waals surface area contributed by atoms with Gasteiger partial charge in [-0.1, -0.05) is 26.2 Å². The van der Waals surface area contributed by atoms with E-state index in [1.165, 1.54) is 44.9 Å². The number of unbranched alkanes of at least 4 members (excludes halogenated alkanes) is 2. The highest BCUT2D eigenvalue weighted by Gasteiger charge is 2.71. The average Bonchev–Trinajstić information content (AvgIpc) is 2.12. The average molecular weight is 230 g/mol. The summed E-state index contributed by atoms with van der Waals surface area (Å²) in [6.45, 7) is 2.28. The first-order valence-corrected chi connectivity index (χ1v) is 7.26. The number of hydrogen-bond acceptors (Lipinski definition) is 2. The van der Waals surface area contributed by atoms with Crippen LogP contribution in [0, 0.1) is 5.41 Å². The molecule has 3 aliphatic rings. The van der Waals surface area contributed by atoms with E-state index in [1.807, 2.05) is 0 Å². The molecule has 3 aliphatic carbocycles. The molecule has 0 heterocycles. The van der Waals surface area contributed by atoms with Crippen molar-refractivity contribution in [1.82, 2.24) is 0 Å². The highest BCUT2D eigenvalue weighted by Crippen LogP contribution is 2.82. The molecule has 3 rings (SSSR count). The Morgan fingerprint density at radius 2 is 1.67 bits per heavy atom. The number of hydrogen-bond donors (Lipinski definition) is 0. The lowest BCUT2D eigenvalue weighted by Crippen LogP contribution is -2.65. The van der Waals surface area contributed by atoms with Crippen LogP contribution in [-0.2, 0) is 9.05 Å². The van der Waals surface area contributed by atoms with E-state index in [-0.39, 0.29) is 0 Å².